The summed E-state index contributed by atoms with van der Waals surface area (Å²) in [4.78, 5) is 5.42. The Kier molecular flexibility index (Phi) is 5.36. The number of hydrogen-bond donors (Lipinski definition) is 1. The van der Waals surface area contributed by atoms with Gasteiger partial charge in [0, 0.05) is 24.7 Å². The van der Waals surface area contributed by atoms with Crippen LogP contribution in [0.3, 0.4) is 0 Å². The zero-order valence-electron chi connectivity index (χ0n) is 13.3. The maximum absolute atomic E-state index is 3.82. The molecule has 1 N–H and O–H groups in total. The van der Waals surface area contributed by atoms with E-state index in [1.54, 1.807) is 0 Å². The lowest BCUT2D eigenvalue weighted by Crippen LogP contribution is -2.47. The molecule has 2 heterocycles. The van der Waals surface area contributed by atoms with Crippen molar-refractivity contribution in [2.45, 2.75) is 76.4 Å². The van der Waals surface area contributed by atoms with Crippen molar-refractivity contribution >= 4 is 0 Å². The molecule has 0 aromatic carbocycles. The fourth-order valence-electron chi connectivity index (χ4n) is 3.97. The molecule has 0 spiro atoms. The number of likely N-dealkylation sites (tertiary alicyclic amines) is 2. The average molecular weight is 279 g/mol. The molecular weight excluding hydrogens is 246 g/mol. The van der Waals surface area contributed by atoms with E-state index in [1.165, 1.54) is 84.1 Å². The van der Waals surface area contributed by atoms with Crippen molar-refractivity contribution in [3.63, 3.8) is 0 Å². The number of nitrogens with zero attached hydrogens (tertiary/aromatic N) is 2. The summed E-state index contributed by atoms with van der Waals surface area (Å²) < 4.78 is 0. The van der Waals surface area contributed by atoms with Crippen LogP contribution in [0.2, 0.25) is 0 Å². The van der Waals surface area contributed by atoms with Crippen molar-refractivity contribution in [2.24, 2.45) is 0 Å². The Morgan fingerprint density at radius 1 is 0.900 bits per heavy atom. The number of nitrogens with one attached hydrogen (secondary N) is 1. The first kappa shape index (κ1) is 14.8. The molecule has 20 heavy (non-hydrogen) atoms. The smallest absolute Gasteiger partial charge is 0.0198 e. The van der Waals surface area contributed by atoms with Crippen molar-refractivity contribution in [3.8, 4) is 0 Å². The summed E-state index contributed by atoms with van der Waals surface area (Å²) in [5.74, 6) is 0. The topological polar surface area (TPSA) is 18.5 Å². The van der Waals surface area contributed by atoms with Gasteiger partial charge in [0.2, 0.25) is 0 Å². The van der Waals surface area contributed by atoms with E-state index in [-0.39, 0.29) is 0 Å². The second-order valence-electron chi connectivity index (χ2n) is 7.32. The predicted octanol–water partition coefficient (Wildman–Crippen LogP) is 2.47. The summed E-state index contributed by atoms with van der Waals surface area (Å²) in [6.45, 7) is 9.01. The second-order valence-corrected chi connectivity index (χ2v) is 7.32. The minimum absolute atomic E-state index is 0.783. The highest BCUT2D eigenvalue weighted by molar-refractivity contribution is 4.88. The SMILES string of the molecule is CC1CCCCN1CCCN1CCCC(NC2CC2)C1. The summed E-state index contributed by atoms with van der Waals surface area (Å²) in [7, 11) is 0. The van der Waals surface area contributed by atoms with Gasteiger partial charge < -0.3 is 15.1 Å². The van der Waals surface area contributed by atoms with Crippen LogP contribution in [-0.2, 0) is 0 Å². The largest absolute Gasteiger partial charge is 0.310 e. The summed E-state index contributed by atoms with van der Waals surface area (Å²) in [5, 5.41) is 3.82. The molecule has 1 saturated carbocycles. The maximum atomic E-state index is 3.82. The van der Waals surface area contributed by atoms with Crippen molar-refractivity contribution in [2.75, 3.05) is 32.7 Å². The monoisotopic (exact) mass is 279 g/mol. The molecular formula is C17H33N3. The lowest BCUT2D eigenvalue weighted by atomic mass is 10.0. The second kappa shape index (κ2) is 7.24. The molecule has 2 unspecified atom stereocenters. The van der Waals surface area contributed by atoms with E-state index in [0.717, 1.165) is 18.1 Å². The molecule has 3 heteroatoms. The minimum atomic E-state index is 0.783. The number of rotatable bonds is 6. The zero-order valence-corrected chi connectivity index (χ0v) is 13.3. The van der Waals surface area contributed by atoms with Crippen LogP contribution < -0.4 is 5.32 Å². The molecule has 0 bridgehead atoms. The van der Waals surface area contributed by atoms with Gasteiger partial charge in [0.1, 0.15) is 0 Å². The first-order valence-electron chi connectivity index (χ1n) is 9.04. The highest BCUT2D eigenvalue weighted by Gasteiger charge is 2.27. The molecule has 3 fully saturated rings. The molecule has 3 rings (SSSR count). The normalized spacial score (nSPS) is 33.5. The molecule has 3 nitrogen and oxygen atoms in total. The summed E-state index contributed by atoms with van der Waals surface area (Å²) in [6, 6.07) is 2.48. The van der Waals surface area contributed by atoms with Crippen molar-refractivity contribution in [3.05, 3.63) is 0 Å². The van der Waals surface area contributed by atoms with Gasteiger partial charge in [-0.1, -0.05) is 6.42 Å². The molecule has 0 aromatic rings. The molecule has 2 saturated heterocycles. The van der Waals surface area contributed by atoms with Crippen LogP contribution >= 0.6 is 0 Å². The maximum Gasteiger partial charge on any atom is 0.0198 e. The van der Waals surface area contributed by atoms with E-state index in [4.69, 9.17) is 0 Å². The molecule has 116 valence electrons. The molecule has 0 amide bonds. The van der Waals surface area contributed by atoms with E-state index >= 15 is 0 Å². The average Bonchev–Trinajstić information content (AvgIpc) is 3.25. The lowest BCUT2D eigenvalue weighted by Gasteiger charge is -2.36. The van der Waals surface area contributed by atoms with Crippen LogP contribution in [0, 0.1) is 0 Å². The predicted molar refractivity (Wildman–Crippen MR) is 85.1 cm³/mol. The fourth-order valence-corrected chi connectivity index (χ4v) is 3.97. The van der Waals surface area contributed by atoms with E-state index < -0.39 is 0 Å². The van der Waals surface area contributed by atoms with Gasteiger partial charge in [-0.2, -0.15) is 0 Å². The molecule has 2 aliphatic heterocycles. The Bertz CT molecular complexity index is 290. The standard InChI is InChI=1S/C17H33N3/c1-15-6-2-3-12-20(15)13-5-11-19-10-4-7-17(14-19)18-16-8-9-16/h15-18H,2-14H2,1H3. The third-order valence-electron chi connectivity index (χ3n) is 5.41. The van der Waals surface area contributed by atoms with Crippen LogP contribution in [0.4, 0.5) is 0 Å². The molecule has 1 aliphatic carbocycles. The van der Waals surface area contributed by atoms with Gasteiger partial charge in [-0.05, 0) is 78.0 Å². The van der Waals surface area contributed by atoms with E-state index in [2.05, 4.69) is 22.0 Å². The molecule has 2 atom stereocenters. The summed E-state index contributed by atoms with van der Waals surface area (Å²) in [6.07, 6.45) is 11.3. The van der Waals surface area contributed by atoms with Gasteiger partial charge in [-0.3, -0.25) is 0 Å². The molecule has 0 radical (unpaired) electrons. The van der Waals surface area contributed by atoms with Crippen LogP contribution in [0.5, 0.6) is 0 Å². The van der Waals surface area contributed by atoms with Crippen molar-refractivity contribution < 1.29 is 0 Å². The minimum Gasteiger partial charge on any atom is -0.310 e. The Morgan fingerprint density at radius 2 is 1.80 bits per heavy atom. The molecule has 3 aliphatic rings. The van der Waals surface area contributed by atoms with Gasteiger partial charge in [0.15, 0.2) is 0 Å². The van der Waals surface area contributed by atoms with E-state index in [0.29, 0.717) is 0 Å². The van der Waals surface area contributed by atoms with Crippen LogP contribution in [0.25, 0.3) is 0 Å². The summed E-state index contributed by atoms with van der Waals surface area (Å²) >= 11 is 0. The quantitative estimate of drug-likeness (QED) is 0.806. The Labute approximate surface area is 125 Å². The Balaban J connectivity index is 1.32. The van der Waals surface area contributed by atoms with Crippen LogP contribution in [0.1, 0.15) is 58.3 Å². The lowest BCUT2D eigenvalue weighted by molar-refractivity contribution is 0.138. The van der Waals surface area contributed by atoms with E-state index in [1.807, 2.05) is 0 Å². The Hall–Kier alpha value is -0.120. The number of hydrogen-bond acceptors (Lipinski definition) is 3. The zero-order chi connectivity index (χ0) is 13.8. The van der Waals surface area contributed by atoms with Crippen molar-refractivity contribution in [1.29, 1.82) is 0 Å². The number of piperidine rings is 2. The Morgan fingerprint density at radius 3 is 2.60 bits per heavy atom. The summed E-state index contributed by atoms with van der Waals surface area (Å²) in [5.41, 5.74) is 0. The van der Waals surface area contributed by atoms with Gasteiger partial charge >= 0.3 is 0 Å². The third kappa shape index (κ3) is 4.44. The van der Waals surface area contributed by atoms with Crippen LogP contribution in [-0.4, -0.2) is 60.6 Å². The van der Waals surface area contributed by atoms with Gasteiger partial charge in [0.05, 0.1) is 0 Å². The van der Waals surface area contributed by atoms with Gasteiger partial charge in [0.25, 0.3) is 0 Å². The van der Waals surface area contributed by atoms with Gasteiger partial charge in [-0.25, -0.2) is 0 Å². The third-order valence-corrected chi connectivity index (χ3v) is 5.41. The van der Waals surface area contributed by atoms with Gasteiger partial charge in [-0.15, -0.1) is 0 Å². The van der Waals surface area contributed by atoms with E-state index in [9.17, 15) is 0 Å². The first-order chi connectivity index (χ1) is 9.81. The highest BCUT2D eigenvalue weighted by Crippen LogP contribution is 2.22. The fraction of sp³-hybridized carbons (Fsp3) is 1.00. The van der Waals surface area contributed by atoms with Crippen LogP contribution in [0.15, 0.2) is 0 Å². The molecule has 0 aromatic heterocycles. The first-order valence-corrected chi connectivity index (χ1v) is 9.04. The highest BCUT2D eigenvalue weighted by atomic mass is 15.2. The van der Waals surface area contributed by atoms with Crippen molar-refractivity contribution in [1.82, 2.24) is 15.1 Å².